The number of hydrogen-bond donors (Lipinski definition) is 1. The summed E-state index contributed by atoms with van der Waals surface area (Å²) >= 11 is 0. The van der Waals surface area contributed by atoms with Gasteiger partial charge in [0.05, 0.1) is 34.8 Å². The molecule has 1 N–H and O–H groups in total. The van der Waals surface area contributed by atoms with Crippen LogP contribution in [0.2, 0.25) is 0 Å². The maximum absolute atomic E-state index is 14.3. The zero-order chi connectivity index (χ0) is 19.9. The van der Waals surface area contributed by atoms with E-state index >= 15 is 0 Å². The Kier molecular flexibility index (Phi) is 4.17. The molecule has 0 fully saturated rings. The SMILES string of the molecule is Fc1cc(-c2cnn(C(F)(F)F)c2)cc(F)c1/C=N\c1ccc2[nH]cnc2c1. The van der Waals surface area contributed by atoms with Gasteiger partial charge in [-0.05, 0) is 35.9 Å². The second kappa shape index (κ2) is 6.55. The van der Waals surface area contributed by atoms with Crippen LogP contribution in [-0.2, 0) is 6.30 Å². The zero-order valence-corrected chi connectivity index (χ0v) is 13.9. The molecule has 0 radical (unpaired) electrons. The number of alkyl halides is 3. The number of aromatic nitrogens is 4. The number of aromatic amines is 1. The molecule has 0 spiro atoms. The van der Waals surface area contributed by atoms with Gasteiger partial charge in [0.25, 0.3) is 0 Å². The molecule has 2 aromatic carbocycles. The van der Waals surface area contributed by atoms with Crippen molar-refractivity contribution < 1.29 is 22.0 Å². The quantitative estimate of drug-likeness (QED) is 0.398. The first-order valence-electron chi connectivity index (χ1n) is 7.90. The van der Waals surface area contributed by atoms with E-state index in [2.05, 4.69) is 20.1 Å². The van der Waals surface area contributed by atoms with Gasteiger partial charge in [-0.1, -0.05) is 0 Å². The molecule has 28 heavy (non-hydrogen) atoms. The number of halogens is 5. The lowest BCUT2D eigenvalue weighted by Gasteiger charge is -2.05. The third kappa shape index (κ3) is 3.36. The number of H-pyrrole nitrogens is 1. The standard InChI is InChI=1S/C18H10F5N5/c19-14-3-10(11-6-27-28(8-11)18(21,22)23)4-15(20)13(14)7-24-12-1-2-16-17(5-12)26-9-25-16/h1-9H,(H,25,26)/b24-7-. The molecule has 0 aliphatic rings. The van der Waals surface area contributed by atoms with Gasteiger partial charge < -0.3 is 4.98 Å². The van der Waals surface area contributed by atoms with E-state index in [1.807, 2.05) is 0 Å². The first kappa shape index (κ1) is 17.8. The number of hydrogen-bond acceptors (Lipinski definition) is 3. The van der Waals surface area contributed by atoms with E-state index in [0.29, 0.717) is 17.4 Å². The third-order valence-electron chi connectivity index (χ3n) is 4.00. The third-order valence-corrected chi connectivity index (χ3v) is 4.00. The monoisotopic (exact) mass is 391 g/mol. The molecular weight excluding hydrogens is 381 g/mol. The van der Waals surface area contributed by atoms with Crippen LogP contribution in [0.15, 0.2) is 54.0 Å². The Morgan fingerprint density at radius 3 is 2.46 bits per heavy atom. The summed E-state index contributed by atoms with van der Waals surface area (Å²) in [5.74, 6) is -1.92. The van der Waals surface area contributed by atoms with Gasteiger partial charge in [0, 0.05) is 18.0 Å². The Labute approximate surface area is 154 Å². The van der Waals surface area contributed by atoms with E-state index in [1.165, 1.54) is 6.33 Å². The van der Waals surface area contributed by atoms with Crippen molar-refractivity contribution in [1.82, 2.24) is 19.7 Å². The predicted molar refractivity (Wildman–Crippen MR) is 92.2 cm³/mol. The van der Waals surface area contributed by atoms with E-state index in [1.54, 1.807) is 18.2 Å². The second-order valence-electron chi connectivity index (χ2n) is 5.86. The zero-order valence-electron chi connectivity index (χ0n) is 13.9. The van der Waals surface area contributed by atoms with Crippen LogP contribution in [0.1, 0.15) is 5.56 Å². The number of benzene rings is 2. The first-order valence-corrected chi connectivity index (χ1v) is 7.90. The molecule has 0 aliphatic heterocycles. The Hall–Kier alpha value is -3.56. The molecule has 0 saturated heterocycles. The molecule has 10 heteroatoms. The minimum Gasteiger partial charge on any atom is -0.345 e. The van der Waals surface area contributed by atoms with Gasteiger partial charge in [0.1, 0.15) is 11.6 Å². The summed E-state index contributed by atoms with van der Waals surface area (Å²) in [6, 6.07) is 6.87. The average molecular weight is 391 g/mol. The fraction of sp³-hybridized carbons (Fsp3) is 0.0556. The van der Waals surface area contributed by atoms with Gasteiger partial charge in [-0.15, -0.1) is 13.2 Å². The van der Waals surface area contributed by atoms with Crippen molar-refractivity contribution in [3.8, 4) is 11.1 Å². The van der Waals surface area contributed by atoms with E-state index in [-0.39, 0.29) is 15.8 Å². The molecule has 4 aromatic rings. The Bertz CT molecular complexity index is 1170. The number of aliphatic imine (C=N–C) groups is 1. The second-order valence-corrected chi connectivity index (χ2v) is 5.86. The van der Waals surface area contributed by atoms with Crippen molar-refractivity contribution in [2.75, 3.05) is 0 Å². The molecule has 0 unspecified atom stereocenters. The predicted octanol–water partition coefficient (Wildman–Crippen LogP) is 4.93. The van der Waals surface area contributed by atoms with E-state index in [4.69, 9.17) is 0 Å². The highest BCUT2D eigenvalue weighted by molar-refractivity contribution is 5.85. The fourth-order valence-corrected chi connectivity index (χ4v) is 2.62. The summed E-state index contributed by atoms with van der Waals surface area (Å²) < 4.78 is 66.3. The maximum atomic E-state index is 14.3. The maximum Gasteiger partial charge on any atom is 0.504 e. The molecule has 0 saturated carbocycles. The summed E-state index contributed by atoms with van der Waals surface area (Å²) in [4.78, 5) is 11.0. The van der Waals surface area contributed by atoms with Gasteiger partial charge >= 0.3 is 6.30 Å². The van der Waals surface area contributed by atoms with E-state index in [0.717, 1.165) is 30.1 Å². The minimum atomic E-state index is -4.71. The highest BCUT2D eigenvalue weighted by atomic mass is 19.4. The molecule has 0 atom stereocenters. The lowest BCUT2D eigenvalue weighted by atomic mass is 10.1. The van der Waals surface area contributed by atoms with Crippen LogP contribution in [0, 0.1) is 11.6 Å². The molecule has 0 amide bonds. The molecule has 142 valence electrons. The van der Waals surface area contributed by atoms with Crippen LogP contribution >= 0.6 is 0 Å². The van der Waals surface area contributed by atoms with Crippen molar-refractivity contribution in [1.29, 1.82) is 0 Å². The number of imidazole rings is 1. The molecule has 0 bridgehead atoms. The highest BCUT2D eigenvalue weighted by Crippen LogP contribution is 2.28. The van der Waals surface area contributed by atoms with Crippen LogP contribution in [0.25, 0.3) is 22.2 Å². The van der Waals surface area contributed by atoms with Crippen molar-refractivity contribution in [3.63, 3.8) is 0 Å². The molecule has 4 rings (SSSR count). The number of fused-ring (bicyclic) bond motifs is 1. The van der Waals surface area contributed by atoms with Gasteiger partial charge in [-0.25, -0.2) is 13.8 Å². The van der Waals surface area contributed by atoms with Crippen LogP contribution in [0.5, 0.6) is 0 Å². The topological polar surface area (TPSA) is 58.9 Å². The van der Waals surface area contributed by atoms with Gasteiger partial charge in [0.15, 0.2) is 0 Å². The normalized spacial score (nSPS) is 12.3. The molecular formula is C18H10F5N5. The van der Waals surface area contributed by atoms with Crippen molar-refractivity contribution >= 4 is 22.9 Å². The Morgan fingerprint density at radius 2 is 1.79 bits per heavy atom. The van der Waals surface area contributed by atoms with Crippen LogP contribution in [0.4, 0.5) is 27.6 Å². The minimum absolute atomic E-state index is 0.0670. The first-order chi connectivity index (χ1) is 13.3. The Morgan fingerprint density at radius 1 is 1.04 bits per heavy atom. The number of rotatable bonds is 3. The number of nitrogens with one attached hydrogen (secondary N) is 1. The van der Waals surface area contributed by atoms with Crippen molar-refractivity contribution in [2.24, 2.45) is 4.99 Å². The molecule has 2 aromatic heterocycles. The molecule has 0 aliphatic carbocycles. The number of nitrogens with zero attached hydrogens (tertiary/aromatic N) is 4. The van der Waals surface area contributed by atoms with Gasteiger partial charge in [-0.3, -0.25) is 4.99 Å². The van der Waals surface area contributed by atoms with E-state index in [9.17, 15) is 22.0 Å². The summed E-state index contributed by atoms with van der Waals surface area (Å²) in [6.07, 6.45) is -0.647. The average Bonchev–Trinajstić information content (AvgIpc) is 3.29. The van der Waals surface area contributed by atoms with Gasteiger partial charge in [-0.2, -0.15) is 9.78 Å². The fourth-order valence-electron chi connectivity index (χ4n) is 2.62. The smallest absolute Gasteiger partial charge is 0.345 e. The van der Waals surface area contributed by atoms with Crippen LogP contribution < -0.4 is 0 Å². The molecule has 2 heterocycles. The lowest BCUT2D eigenvalue weighted by molar-refractivity contribution is -0.212. The Balaban J connectivity index is 1.64. The summed E-state index contributed by atoms with van der Waals surface area (Å²) in [5.41, 5.74) is 1.33. The van der Waals surface area contributed by atoms with Crippen molar-refractivity contribution in [2.45, 2.75) is 6.30 Å². The summed E-state index contributed by atoms with van der Waals surface area (Å²) in [7, 11) is 0. The van der Waals surface area contributed by atoms with Gasteiger partial charge in [0.2, 0.25) is 0 Å². The van der Waals surface area contributed by atoms with Crippen molar-refractivity contribution in [3.05, 3.63) is 66.3 Å². The van der Waals surface area contributed by atoms with Crippen LogP contribution in [-0.4, -0.2) is 26.0 Å². The molecule has 5 nitrogen and oxygen atoms in total. The summed E-state index contributed by atoms with van der Waals surface area (Å²) in [6.45, 7) is 0. The van der Waals surface area contributed by atoms with Crippen LogP contribution in [0.3, 0.4) is 0 Å². The summed E-state index contributed by atoms with van der Waals surface area (Å²) in [5, 5.41) is 3.15. The largest absolute Gasteiger partial charge is 0.504 e. The lowest BCUT2D eigenvalue weighted by Crippen LogP contribution is -2.16. The van der Waals surface area contributed by atoms with E-state index < -0.39 is 23.5 Å². The highest BCUT2D eigenvalue weighted by Gasteiger charge is 2.31.